The number of carbonyl (C=O) groups is 2. The van der Waals surface area contributed by atoms with Crippen molar-refractivity contribution in [3.05, 3.63) is 52.9 Å². The van der Waals surface area contributed by atoms with Gasteiger partial charge in [0.05, 0.1) is 25.2 Å². The molecule has 5 atom stereocenters. The smallest absolute Gasteiger partial charge is 0.317 e. The minimum Gasteiger partial charge on any atom is -0.497 e. The Labute approximate surface area is 220 Å². The predicted molar refractivity (Wildman–Crippen MR) is 132 cm³/mol. The number of fused-ring (bicyclic) bond motifs is 1. The summed E-state index contributed by atoms with van der Waals surface area (Å²) in [5, 5.41) is 39.8. The molecule has 0 spiro atoms. The van der Waals surface area contributed by atoms with Gasteiger partial charge in [0.1, 0.15) is 55.0 Å². The van der Waals surface area contributed by atoms with Crippen LogP contribution in [0, 0.1) is 0 Å². The summed E-state index contributed by atoms with van der Waals surface area (Å²) >= 11 is 0. The number of ether oxygens (including phenoxy) is 5. The maximum Gasteiger partial charge on any atom is 0.317 e. The van der Waals surface area contributed by atoms with E-state index in [9.17, 15) is 29.7 Å². The second-order valence-electron chi connectivity index (χ2n) is 8.59. The Hall–Kier alpha value is -4.17. The van der Waals surface area contributed by atoms with Gasteiger partial charge in [0.25, 0.3) is 0 Å². The third kappa shape index (κ3) is 5.96. The van der Waals surface area contributed by atoms with Gasteiger partial charge in [0.2, 0.25) is 11.7 Å². The highest BCUT2D eigenvalue weighted by atomic mass is 16.7. The average Bonchev–Trinajstić information content (AvgIpc) is 2.92. The summed E-state index contributed by atoms with van der Waals surface area (Å²) in [7, 11) is 2.85. The van der Waals surface area contributed by atoms with Crippen LogP contribution in [-0.2, 0) is 19.1 Å². The SMILES string of the molecule is COc1ccc(-c2coc3cc(O[C@@H]4O[C@@H](COC(=O)CC(=O)O)[C@@H](O)[C@H](O)[C@H]4O)c(OC)cc3c2=O)cc1. The largest absolute Gasteiger partial charge is 0.497 e. The summed E-state index contributed by atoms with van der Waals surface area (Å²) in [5.41, 5.74) is 0.677. The van der Waals surface area contributed by atoms with Crippen LogP contribution in [-0.4, -0.2) is 83.9 Å². The Morgan fingerprint density at radius 2 is 1.67 bits per heavy atom. The molecule has 3 aromatic rings. The van der Waals surface area contributed by atoms with E-state index < -0.39 is 55.7 Å². The zero-order valence-electron chi connectivity index (χ0n) is 20.8. The van der Waals surface area contributed by atoms with Crippen LogP contribution in [0.25, 0.3) is 22.1 Å². The van der Waals surface area contributed by atoms with Crippen molar-refractivity contribution < 1.29 is 58.1 Å². The molecule has 13 nitrogen and oxygen atoms in total. The van der Waals surface area contributed by atoms with Gasteiger partial charge in [-0.3, -0.25) is 14.4 Å². The first kappa shape index (κ1) is 27.9. The normalized spacial score (nSPS) is 22.7. The number of aliphatic hydroxyl groups excluding tert-OH is 3. The van der Waals surface area contributed by atoms with Crippen LogP contribution in [0.5, 0.6) is 17.2 Å². The summed E-state index contributed by atoms with van der Waals surface area (Å²) in [6, 6.07) is 9.55. The molecule has 1 fully saturated rings. The molecule has 208 valence electrons. The first-order valence-electron chi connectivity index (χ1n) is 11.6. The summed E-state index contributed by atoms with van der Waals surface area (Å²) in [5.74, 6) is -1.83. The topological polar surface area (TPSA) is 191 Å². The molecule has 4 N–H and O–H groups in total. The summed E-state index contributed by atoms with van der Waals surface area (Å²) in [4.78, 5) is 35.4. The molecule has 0 bridgehead atoms. The van der Waals surface area contributed by atoms with E-state index in [1.54, 1.807) is 24.3 Å². The van der Waals surface area contributed by atoms with Crippen molar-refractivity contribution in [3.8, 4) is 28.4 Å². The highest BCUT2D eigenvalue weighted by Crippen LogP contribution is 2.35. The molecule has 2 aromatic carbocycles. The summed E-state index contributed by atoms with van der Waals surface area (Å²) in [6.07, 6.45) is -7.74. The predicted octanol–water partition coefficient (Wildman–Crippen LogP) is 0.681. The first-order chi connectivity index (χ1) is 18.6. The van der Waals surface area contributed by atoms with Crippen molar-refractivity contribution in [3.63, 3.8) is 0 Å². The number of aliphatic hydroxyl groups is 3. The Bertz CT molecular complexity index is 1400. The number of hydrogen-bond acceptors (Lipinski definition) is 12. The van der Waals surface area contributed by atoms with Gasteiger partial charge in [-0.05, 0) is 23.8 Å². The van der Waals surface area contributed by atoms with Gasteiger partial charge in [-0.2, -0.15) is 0 Å². The van der Waals surface area contributed by atoms with Crippen LogP contribution < -0.4 is 19.6 Å². The molecule has 0 aliphatic carbocycles. The lowest BCUT2D eigenvalue weighted by Gasteiger charge is -2.40. The van der Waals surface area contributed by atoms with E-state index in [2.05, 4.69) is 0 Å². The summed E-state index contributed by atoms with van der Waals surface area (Å²) in [6.45, 7) is -0.616. The second-order valence-corrected chi connectivity index (χ2v) is 8.59. The number of carboxylic acid groups (broad SMARTS) is 1. The fourth-order valence-electron chi connectivity index (χ4n) is 3.98. The van der Waals surface area contributed by atoms with Gasteiger partial charge in [0.15, 0.2) is 11.5 Å². The van der Waals surface area contributed by atoms with Crippen molar-refractivity contribution >= 4 is 22.9 Å². The third-order valence-electron chi connectivity index (χ3n) is 6.08. The minimum atomic E-state index is -1.76. The van der Waals surface area contributed by atoms with Gasteiger partial charge in [-0.1, -0.05) is 12.1 Å². The molecular formula is C26H26O13. The molecule has 1 saturated heterocycles. The molecule has 0 unspecified atom stereocenters. The molecule has 0 radical (unpaired) electrons. The third-order valence-corrected chi connectivity index (χ3v) is 6.08. The first-order valence-corrected chi connectivity index (χ1v) is 11.6. The average molecular weight is 546 g/mol. The number of rotatable bonds is 9. The number of carbonyl (C=O) groups excluding carboxylic acids is 1. The van der Waals surface area contributed by atoms with Gasteiger partial charge >= 0.3 is 11.9 Å². The van der Waals surface area contributed by atoms with Crippen LogP contribution in [0.4, 0.5) is 0 Å². The Balaban J connectivity index is 1.59. The molecule has 0 amide bonds. The fraction of sp³-hybridized carbons (Fsp3) is 0.346. The van der Waals surface area contributed by atoms with Gasteiger partial charge in [-0.15, -0.1) is 0 Å². The molecule has 1 aliphatic heterocycles. The van der Waals surface area contributed by atoms with Gasteiger partial charge in [-0.25, -0.2) is 0 Å². The van der Waals surface area contributed by atoms with E-state index in [0.29, 0.717) is 16.9 Å². The second kappa shape index (κ2) is 11.7. The minimum absolute atomic E-state index is 0.0281. The van der Waals surface area contributed by atoms with Gasteiger partial charge in [0, 0.05) is 6.07 Å². The van der Waals surface area contributed by atoms with Crippen LogP contribution in [0.3, 0.4) is 0 Å². The molecule has 4 rings (SSSR count). The maximum absolute atomic E-state index is 13.2. The Morgan fingerprint density at radius 1 is 0.949 bits per heavy atom. The van der Waals surface area contributed by atoms with E-state index in [-0.39, 0.29) is 27.9 Å². The van der Waals surface area contributed by atoms with E-state index in [1.165, 1.54) is 32.6 Å². The van der Waals surface area contributed by atoms with E-state index >= 15 is 0 Å². The lowest BCUT2D eigenvalue weighted by Crippen LogP contribution is -2.60. The van der Waals surface area contributed by atoms with Crippen molar-refractivity contribution in [2.75, 3.05) is 20.8 Å². The van der Waals surface area contributed by atoms with E-state index in [1.807, 2.05) is 0 Å². The van der Waals surface area contributed by atoms with E-state index in [4.69, 9.17) is 33.2 Å². The van der Waals surface area contributed by atoms with Crippen molar-refractivity contribution in [1.82, 2.24) is 0 Å². The molecule has 39 heavy (non-hydrogen) atoms. The summed E-state index contributed by atoms with van der Waals surface area (Å²) < 4.78 is 32.2. The highest BCUT2D eigenvalue weighted by Gasteiger charge is 2.45. The maximum atomic E-state index is 13.2. The van der Waals surface area contributed by atoms with Crippen LogP contribution >= 0.6 is 0 Å². The number of hydrogen-bond donors (Lipinski definition) is 4. The number of carboxylic acids is 1. The van der Waals surface area contributed by atoms with Crippen LogP contribution in [0.1, 0.15) is 6.42 Å². The fourth-order valence-corrected chi connectivity index (χ4v) is 3.98. The Morgan fingerprint density at radius 3 is 2.31 bits per heavy atom. The van der Waals surface area contributed by atoms with Crippen LogP contribution in [0.2, 0.25) is 0 Å². The number of esters is 1. The number of methoxy groups -OCH3 is 2. The quantitative estimate of drug-likeness (QED) is 0.217. The zero-order chi connectivity index (χ0) is 28.3. The van der Waals surface area contributed by atoms with E-state index in [0.717, 1.165) is 0 Å². The molecule has 0 saturated carbocycles. The number of aliphatic carboxylic acids is 1. The van der Waals surface area contributed by atoms with Gasteiger partial charge < -0.3 is 48.5 Å². The zero-order valence-corrected chi connectivity index (χ0v) is 20.8. The van der Waals surface area contributed by atoms with Crippen molar-refractivity contribution in [1.29, 1.82) is 0 Å². The van der Waals surface area contributed by atoms with Crippen LogP contribution in [0.15, 0.2) is 51.9 Å². The molecule has 1 aliphatic rings. The molecule has 2 heterocycles. The lowest BCUT2D eigenvalue weighted by atomic mass is 9.99. The Kier molecular flexibility index (Phi) is 8.35. The lowest BCUT2D eigenvalue weighted by molar-refractivity contribution is -0.278. The standard InChI is InChI=1S/C26H26O13/c1-34-13-5-3-12(4-6-13)15-10-36-16-8-18(17(35-2)7-14(16)22(15)30)38-26-25(33)24(32)23(31)19(39-26)11-37-21(29)9-20(27)28/h3-8,10,19,23-26,31-33H,9,11H2,1-2H3,(H,27,28)/t19-,23+,24-,25+,26+/m0/s1. The number of benzene rings is 2. The van der Waals surface area contributed by atoms with Crippen molar-refractivity contribution in [2.45, 2.75) is 37.1 Å². The molecule has 13 heteroatoms. The molecular weight excluding hydrogens is 520 g/mol. The monoisotopic (exact) mass is 546 g/mol. The van der Waals surface area contributed by atoms with Crippen molar-refractivity contribution in [2.24, 2.45) is 0 Å². The highest BCUT2D eigenvalue weighted by molar-refractivity contribution is 5.90. The molecule has 1 aromatic heterocycles.